The Kier molecular flexibility index (Phi) is 3.94. The van der Waals surface area contributed by atoms with Crippen LogP contribution >= 0.6 is 23.5 Å². The van der Waals surface area contributed by atoms with E-state index in [2.05, 4.69) is 9.47 Å². The van der Waals surface area contributed by atoms with Crippen LogP contribution in [0.15, 0.2) is 0 Å². The minimum atomic E-state index is -5.45. The molecule has 0 aromatic carbocycles. The molecule has 1 rings (SSSR count). The normalized spacial score (nSPS) is 24.0. The van der Waals surface area contributed by atoms with Crippen LogP contribution in [0.3, 0.4) is 0 Å². The number of methoxy groups -OCH3 is 2. The molecule has 0 atom stereocenters. The number of thioether (sulfide) groups is 2. The molecule has 17 heavy (non-hydrogen) atoms. The van der Waals surface area contributed by atoms with Gasteiger partial charge in [-0.05, 0) is 0 Å². The molecule has 1 aliphatic heterocycles. The first-order valence-electron chi connectivity index (χ1n) is 4.11. The fourth-order valence-corrected chi connectivity index (χ4v) is 4.18. The zero-order valence-electron chi connectivity index (χ0n) is 8.61. The molecule has 1 aliphatic rings. The van der Waals surface area contributed by atoms with Crippen molar-refractivity contribution in [3.05, 3.63) is 0 Å². The summed E-state index contributed by atoms with van der Waals surface area (Å²) in [4.78, 5) is 0. The molecular weight excluding hydrogens is 294 g/mol. The van der Waals surface area contributed by atoms with Crippen molar-refractivity contribution in [2.24, 2.45) is 0 Å². The highest BCUT2D eigenvalue weighted by atomic mass is 32.2. The zero-order chi connectivity index (χ0) is 13.5. The smallest absolute Gasteiger partial charge is 0.344 e. The first-order valence-corrected chi connectivity index (χ1v) is 5.92. The topological polar surface area (TPSA) is 18.5 Å². The predicted molar refractivity (Wildman–Crippen MR) is 51.6 cm³/mol. The van der Waals surface area contributed by atoms with Crippen molar-refractivity contribution in [2.75, 3.05) is 20.0 Å². The second-order valence-electron chi connectivity index (χ2n) is 3.09. The van der Waals surface area contributed by atoms with Crippen molar-refractivity contribution < 1.29 is 35.8 Å². The van der Waals surface area contributed by atoms with Crippen LogP contribution in [0, 0.1) is 0 Å². The maximum atomic E-state index is 12.7. The number of rotatable bonds is 2. The number of hydrogen-bond acceptors (Lipinski definition) is 4. The fraction of sp³-hybridized carbons (Fsp3) is 1.00. The molecule has 0 aliphatic carbocycles. The van der Waals surface area contributed by atoms with Crippen LogP contribution in [0.4, 0.5) is 26.3 Å². The summed E-state index contributed by atoms with van der Waals surface area (Å²) < 4.78 is 81.2. The van der Waals surface area contributed by atoms with Gasteiger partial charge in [0, 0.05) is 14.2 Å². The first-order chi connectivity index (χ1) is 7.54. The van der Waals surface area contributed by atoms with Crippen molar-refractivity contribution in [1.82, 2.24) is 0 Å². The second-order valence-corrected chi connectivity index (χ2v) is 5.98. The Balaban J connectivity index is 3.15. The summed E-state index contributed by atoms with van der Waals surface area (Å²) in [6, 6.07) is 0. The Bertz CT molecular complexity index is 271. The Morgan fingerprint density at radius 2 is 1.35 bits per heavy atom. The van der Waals surface area contributed by atoms with Crippen LogP contribution in [0.2, 0.25) is 0 Å². The van der Waals surface area contributed by atoms with E-state index in [1.54, 1.807) is 0 Å². The van der Waals surface area contributed by atoms with E-state index in [0.29, 0.717) is 0 Å². The van der Waals surface area contributed by atoms with Gasteiger partial charge in [0.05, 0.1) is 5.75 Å². The van der Waals surface area contributed by atoms with Crippen LogP contribution < -0.4 is 0 Å². The highest BCUT2D eigenvalue weighted by Crippen LogP contribution is 2.67. The molecule has 0 saturated carbocycles. The average molecular weight is 302 g/mol. The van der Waals surface area contributed by atoms with Gasteiger partial charge in [-0.2, -0.15) is 26.3 Å². The third-order valence-electron chi connectivity index (χ3n) is 2.12. The van der Waals surface area contributed by atoms with Crippen molar-refractivity contribution in [2.45, 2.75) is 21.6 Å². The van der Waals surface area contributed by atoms with Gasteiger partial charge in [0.2, 0.25) is 5.12 Å². The van der Waals surface area contributed by atoms with Crippen molar-refractivity contribution in [1.29, 1.82) is 0 Å². The number of halogens is 6. The van der Waals surface area contributed by atoms with Gasteiger partial charge in [-0.1, -0.05) is 11.8 Å². The van der Waals surface area contributed by atoms with E-state index in [1.165, 1.54) is 0 Å². The van der Waals surface area contributed by atoms with E-state index in [0.717, 1.165) is 14.2 Å². The maximum absolute atomic E-state index is 12.7. The molecule has 0 spiro atoms. The lowest BCUT2D eigenvalue weighted by Gasteiger charge is -2.33. The lowest BCUT2D eigenvalue weighted by Crippen LogP contribution is -2.51. The molecule has 1 saturated heterocycles. The fourth-order valence-electron chi connectivity index (χ4n) is 1.19. The molecule has 1 fully saturated rings. The van der Waals surface area contributed by atoms with E-state index in [1.807, 2.05) is 0 Å². The van der Waals surface area contributed by atoms with Gasteiger partial charge in [0.25, 0.3) is 4.08 Å². The van der Waals surface area contributed by atoms with Gasteiger partial charge in [0.15, 0.2) is 0 Å². The molecule has 0 N–H and O–H groups in total. The van der Waals surface area contributed by atoms with E-state index >= 15 is 0 Å². The standard InChI is InChI=1S/C7H8F6O2S2/c1-14-4(15-2)3-16-5(17-4,6(8,9)10)7(11,12)13/h3H2,1-2H3. The zero-order valence-corrected chi connectivity index (χ0v) is 10.2. The van der Waals surface area contributed by atoms with Crippen LogP contribution in [0.5, 0.6) is 0 Å². The summed E-state index contributed by atoms with van der Waals surface area (Å²) in [5.41, 5.74) is 0. The summed E-state index contributed by atoms with van der Waals surface area (Å²) in [5, 5.41) is -1.93. The van der Waals surface area contributed by atoms with E-state index < -0.39 is 39.1 Å². The Morgan fingerprint density at radius 3 is 1.53 bits per heavy atom. The SMILES string of the molecule is COC1(OC)CSC(C(F)(F)F)(C(F)(F)F)S1. The third-order valence-corrected chi connectivity index (χ3v) is 5.84. The highest BCUT2D eigenvalue weighted by Gasteiger charge is 2.77. The van der Waals surface area contributed by atoms with Gasteiger partial charge < -0.3 is 9.47 Å². The van der Waals surface area contributed by atoms with Gasteiger partial charge in [-0.3, -0.25) is 0 Å². The number of ether oxygens (including phenoxy) is 2. The molecule has 0 unspecified atom stereocenters. The van der Waals surface area contributed by atoms with Crippen molar-refractivity contribution >= 4 is 23.5 Å². The van der Waals surface area contributed by atoms with Gasteiger partial charge >= 0.3 is 12.4 Å². The van der Waals surface area contributed by atoms with Crippen molar-refractivity contribution in [3.63, 3.8) is 0 Å². The average Bonchev–Trinajstić information content (AvgIpc) is 2.58. The molecule has 10 heteroatoms. The summed E-state index contributed by atoms with van der Waals surface area (Å²) in [7, 11) is 2.00. The minimum absolute atomic E-state index is 0.277. The van der Waals surface area contributed by atoms with Crippen molar-refractivity contribution in [3.8, 4) is 0 Å². The van der Waals surface area contributed by atoms with Gasteiger partial charge in [0.1, 0.15) is 0 Å². The molecule has 0 aromatic rings. The van der Waals surface area contributed by atoms with Crippen LogP contribution in [-0.2, 0) is 9.47 Å². The number of alkyl halides is 6. The molecule has 0 amide bonds. The second kappa shape index (κ2) is 4.39. The van der Waals surface area contributed by atoms with E-state index in [4.69, 9.17) is 0 Å². The van der Waals surface area contributed by atoms with E-state index in [9.17, 15) is 26.3 Å². The number of hydrogen-bond donors (Lipinski definition) is 0. The molecular formula is C7H8F6O2S2. The van der Waals surface area contributed by atoms with Crippen LogP contribution in [0.25, 0.3) is 0 Å². The summed E-state index contributed by atoms with van der Waals surface area (Å²) in [5.74, 6) is -0.566. The van der Waals surface area contributed by atoms with Crippen LogP contribution in [0.1, 0.15) is 0 Å². The summed E-state index contributed by atoms with van der Waals surface area (Å²) in [6.07, 6.45) is -10.9. The Labute approximate surface area is 101 Å². The molecule has 1 heterocycles. The largest absolute Gasteiger partial charge is 0.421 e. The summed E-state index contributed by atoms with van der Waals surface area (Å²) in [6.45, 7) is 0. The minimum Gasteiger partial charge on any atom is -0.344 e. The summed E-state index contributed by atoms with van der Waals surface area (Å²) >= 11 is -0.689. The molecule has 0 radical (unpaired) electrons. The molecule has 102 valence electrons. The Morgan fingerprint density at radius 1 is 0.941 bits per heavy atom. The lowest BCUT2D eigenvalue weighted by molar-refractivity contribution is -0.236. The highest BCUT2D eigenvalue weighted by molar-refractivity contribution is 8.22. The quantitative estimate of drug-likeness (QED) is 0.575. The van der Waals surface area contributed by atoms with Gasteiger partial charge in [-0.25, -0.2) is 0 Å². The Hall–Kier alpha value is 0.200. The predicted octanol–water partition coefficient (Wildman–Crippen LogP) is 3.23. The molecule has 0 aromatic heterocycles. The lowest BCUT2D eigenvalue weighted by atomic mass is 10.4. The van der Waals surface area contributed by atoms with Gasteiger partial charge in [-0.15, -0.1) is 11.8 Å². The molecule has 0 bridgehead atoms. The molecule has 2 nitrogen and oxygen atoms in total. The maximum Gasteiger partial charge on any atom is 0.421 e. The first kappa shape index (κ1) is 15.3. The van der Waals surface area contributed by atoms with E-state index in [-0.39, 0.29) is 11.8 Å². The third kappa shape index (κ3) is 2.36. The monoisotopic (exact) mass is 302 g/mol. The van der Waals surface area contributed by atoms with Crippen LogP contribution in [-0.4, -0.2) is 41.5 Å².